The summed E-state index contributed by atoms with van der Waals surface area (Å²) in [5, 5.41) is 13.7. The van der Waals surface area contributed by atoms with Crippen LogP contribution in [0.5, 0.6) is 0 Å². The number of nitrogens with zero attached hydrogens (tertiary/aromatic N) is 4. The van der Waals surface area contributed by atoms with E-state index in [1.54, 1.807) is 23.0 Å². The number of aromatic nitrogens is 4. The number of nitrogens with two attached hydrogens (primary N) is 1. The van der Waals surface area contributed by atoms with Gasteiger partial charge in [0.1, 0.15) is 11.6 Å². The summed E-state index contributed by atoms with van der Waals surface area (Å²) in [4.78, 5) is 0.818. The van der Waals surface area contributed by atoms with E-state index in [-0.39, 0.29) is 0 Å². The van der Waals surface area contributed by atoms with Gasteiger partial charge >= 0.3 is 0 Å². The zero-order chi connectivity index (χ0) is 12.3. The van der Waals surface area contributed by atoms with Crippen molar-refractivity contribution in [3.8, 4) is 0 Å². The van der Waals surface area contributed by atoms with E-state index in [2.05, 4.69) is 22.2 Å². The fraction of sp³-hybridized carbons (Fsp3) is 0.700. The third-order valence-corrected chi connectivity index (χ3v) is 3.67. The van der Waals surface area contributed by atoms with Gasteiger partial charge in [-0.25, -0.2) is 0 Å². The Balaban J connectivity index is 2.19. The summed E-state index contributed by atoms with van der Waals surface area (Å²) in [5.74, 6) is 1.23. The van der Waals surface area contributed by atoms with Crippen LogP contribution in [0.4, 0.5) is 0 Å². The van der Waals surface area contributed by atoms with Crippen molar-refractivity contribution in [3.63, 3.8) is 0 Å². The van der Waals surface area contributed by atoms with Gasteiger partial charge in [0.2, 0.25) is 4.96 Å². The maximum Gasteiger partial charge on any atom is 0.234 e. The highest BCUT2D eigenvalue weighted by Crippen LogP contribution is 2.18. The first kappa shape index (κ1) is 12.4. The van der Waals surface area contributed by atoms with Gasteiger partial charge in [-0.1, -0.05) is 24.7 Å². The fourth-order valence-corrected chi connectivity index (χ4v) is 2.61. The number of hydrogen-bond donors (Lipinski definition) is 1. The van der Waals surface area contributed by atoms with E-state index < -0.39 is 0 Å². The Morgan fingerprint density at radius 1 is 1.47 bits per heavy atom. The molecule has 0 saturated carbocycles. The molecule has 2 aromatic heterocycles. The standard InChI is InChI=1S/C10H17N5OS/c1-3-7(5-11)4-9-14-15-8(6-16-2)12-13-10(15)17-9/h7H,3-6,11H2,1-2H3. The zero-order valence-electron chi connectivity index (χ0n) is 10.1. The molecule has 0 aliphatic carbocycles. The van der Waals surface area contributed by atoms with Crippen molar-refractivity contribution < 1.29 is 4.74 Å². The van der Waals surface area contributed by atoms with Crippen molar-refractivity contribution in [1.29, 1.82) is 0 Å². The second kappa shape index (κ2) is 5.52. The Bertz CT molecular complexity index is 476. The molecule has 0 radical (unpaired) electrons. The second-order valence-electron chi connectivity index (χ2n) is 3.95. The largest absolute Gasteiger partial charge is 0.377 e. The second-order valence-corrected chi connectivity index (χ2v) is 4.99. The van der Waals surface area contributed by atoms with Crippen molar-refractivity contribution >= 4 is 16.3 Å². The molecule has 0 amide bonds. The van der Waals surface area contributed by atoms with Crippen molar-refractivity contribution in [1.82, 2.24) is 19.8 Å². The number of rotatable bonds is 6. The molecule has 2 rings (SSSR count). The number of ether oxygens (including phenoxy) is 1. The van der Waals surface area contributed by atoms with Gasteiger partial charge in [-0.05, 0) is 12.5 Å². The maximum atomic E-state index is 5.70. The normalized spacial score (nSPS) is 13.4. The fourth-order valence-electron chi connectivity index (χ4n) is 1.64. The molecule has 1 unspecified atom stereocenters. The smallest absolute Gasteiger partial charge is 0.234 e. The highest BCUT2D eigenvalue weighted by atomic mass is 32.1. The van der Waals surface area contributed by atoms with Crippen LogP contribution in [0.25, 0.3) is 4.96 Å². The highest BCUT2D eigenvalue weighted by molar-refractivity contribution is 7.16. The van der Waals surface area contributed by atoms with Gasteiger partial charge < -0.3 is 10.5 Å². The quantitative estimate of drug-likeness (QED) is 0.828. The summed E-state index contributed by atoms with van der Waals surface area (Å²) in [6, 6.07) is 0. The molecule has 0 bridgehead atoms. The van der Waals surface area contributed by atoms with Crippen LogP contribution in [0.15, 0.2) is 0 Å². The minimum absolute atomic E-state index is 0.429. The van der Waals surface area contributed by atoms with E-state index in [1.807, 2.05) is 0 Å². The van der Waals surface area contributed by atoms with Gasteiger partial charge in [0.05, 0.1) is 0 Å². The number of methoxy groups -OCH3 is 1. The molecule has 0 saturated heterocycles. The van der Waals surface area contributed by atoms with E-state index in [9.17, 15) is 0 Å². The van der Waals surface area contributed by atoms with Crippen LogP contribution in [-0.2, 0) is 17.8 Å². The monoisotopic (exact) mass is 255 g/mol. The van der Waals surface area contributed by atoms with E-state index in [4.69, 9.17) is 10.5 Å². The van der Waals surface area contributed by atoms with Gasteiger partial charge in [-0.3, -0.25) is 0 Å². The molecule has 7 heteroatoms. The summed E-state index contributed by atoms with van der Waals surface area (Å²) in [7, 11) is 1.63. The molecule has 0 aliphatic heterocycles. The molecular formula is C10H17N5OS. The summed E-state index contributed by atoms with van der Waals surface area (Å²) < 4.78 is 6.80. The average molecular weight is 255 g/mol. The zero-order valence-corrected chi connectivity index (χ0v) is 10.9. The van der Waals surface area contributed by atoms with Crippen molar-refractivity contribution in [2.24, 2.45) is 11.7 Å². The molecule has 6 nitrogen and oxygen atoms in total. The predicted octanol–water partition coefficient (Wildman–Crippen LogP) is 0.860. The Morgan fingerprint density at radius 3 is 2.94 bits per heavy atom. The van der Waals surface area contributed by atoms with Crippen LogP contribution >= 0.6 is 11.3 Å². The topological polar surface area (TPSA) is 78.3 Å². The minimum atomic E-state index is 0.429. The Morgan fingerprint density at radius 2 is 2.29 bits per heavy atom. The molecule has 0 spiro atoms. The first-order chi connectivity index (χ1) is 8.28. The van der Waals surface area contributed by atoms with Crippen molar-refractivity contribution in [2.75, 3.05) is 13.7 Å². The average Bonchev–Trinajstić information content (AvgIpc) is 2.88. The van der Waals surface area contributed by atoms with Gasteiger partial charge in [-0.2, -0.15) is 9.61 Å². The Labute approximate surface area is 104 Å². The van der Waals surface area contributed by atoms with E-state index >= 15 is 0 Å². The highest BCUT2D eigenvalue weighted by Gasteiger charge is 2.14. The van der Waals surface area contributed by atoms with Crippen LogP contribution in [0.3, 0.4) is 0 Å². The minimum Gasteiger partial charge on any atom is -0.377 e. The molecule has 0 aromatic carbocycles. The maximum absolute atomic E-state index is 5.70. The van der Waals surface area contributed by atoms with Gasteiger partial charge in [0, 0.05) is 13.5 Å². The lowest BCUT2D eigenvalue weighted by atomic mass is 10.0. The lowest BCUT2D eigenvalue weighted by Gasteiger charge is -2.08. The van der Waals surface area contributed by atoms with Crippen LogP contribution in [0.1, 0.15) is 24.2 Å². The third kappa shape index (κ3) is 2.62. The lowest BCUT2D eigenvalue weighted by Crippen LogP contribution is -2.15. The molecule has 1 atom stereocenters. The van der Waals surface area contributed by atoms with E-state index in [1.165, 1.54) is 0 Å². The molecule has 17 heavy (non-hydrogen) atoms. The SMILES string of the molecule is CCC(CN)Cc1nn2c(COC)nnc2s1. The molecule has 2 aromatic rings. The summed E-state index contributed by atoms with van der Waals surface area (Å²) in [6.07, 6.45) is 1.98. The van der Waals surface area contributed by atoms with Gasteiger partial charge in [0.25, 0.3) is 0 Å². The number of fused-ring (bicyclic) bond motifs is 1. The van der Waals surface area contributed by atoms with Crippen LogP contribution in [0.2, 0.25) is 0 Å². The van der Waals surface area contributed by atoms with Crippen molar-refractivity contribution in [2.45, 2.75) is 26.4 Å². The Hall–Kier alpha value is -1.05. The van der Waals surface area contributed by atoms with E-state index in [0.717, 1.165) is 28.6 Å². The van der Waals surface area contributed by atoms with E-state index in [0.29, 0.717) is 19.1 Å². The van der Waals surface area contributed by atoms with Crippen LogP contribution < -0.4 is 5.73 Å². The summed E-state index contributed by atoms with van der Waals surface area (Å²) in [5.41, 5.74) is 5.70. The first-order valence-electron chi connectivity index (χ1n) is 5.67. The third-order valence-electron chi connectivity index (χ3n) is 2.74. The van der Waals surface area contributed by atoms with Crippen molar-refractivity contribution in [3.05, 3.63) is 10.8 Å². The van der Waals surface area contributed by atoms with Gasteiger partial charge in [0.15, 0.2) is 5.82 Å². The summed E-state index contributed by atoms with van der Waals surface area (Å²) >= 11 is 1.57. The first-order valence-corrected chi connectivity index (χ1v) is 6.49. The number of hydrogen-bond acceptors (Lipinski definition) is 6. The lowest BCUT2D eigenvalue weighted by molar-refractivity contribution is 0.176. The molecule has 2 N–H and O–H groups in total. The molecule has 94 valence electrons. The predicted molar refractivity (Wildman–Crippen MR) is 65.9 cm³/mol. The van der Waals surface area contributed by atoms with Crippen LogP contribution in [0, 0.1) is 5.92 Å². The molecule has 0 aliphatic rings. The summed E-state index contributed by atoms with van der Waals surface area (Å²) in [6.45, 7) is 3.27. The molecule has 2 heterocycles. The Kier molecular flexibility index (Phi) is 4.03. The molecule has 0 fully saturated rings. The van der Waals surface area contributed by atoms with Gasteiger partial charge in [-0.15, -0.1) is 10.2 Å². The molecular weight excluding hydrogens is 238 g/mol. The van der Waals surface area contributed by atoms with Crippen LogP contribution in [-0.4, -0.2) is 33.5 Å².